The second-order valence-corrected chi connectivity index (χ2v) is 4.96. The number of nitrogens with zero attached hydrogens (tertiary/aromatic N) is 1. The van der Waals surface area contributed by atoms with Crippen molar-refractivity contribution in [3.05, 3.63) is 35.9 Å². The number of Topliss-reactive ketones (excluding diaryl/α,β-unsaturated/α-hetero) is 1. The van der Waals surface area contributed by atoms with E-state index < -0.39 is 17.9 Å². The molecule has 0 unspecified atom stereocenters. The average molecular weight is 277 g/mol. The van der Waals surface area contributed by atoms with Gasteiger partial charge < -0.3 is 10.0 Å². The van der Waals surface area contributed by atoms with Crippen LogP contribution in [0.1, 0.15) is 31.1 Å². The van der Waals surface area contributed by atoms with Crippen molar-refractivity contribution in [1.82, 2.24) is 4.90 Å². The van der Waals surface area contributed by atoms with Crippen LogP contribution in [0.2, 0.25) is 0 Å². The maximum absolute atomic E-state index is 12.1. The average Bonchev–Trinajstić information content (AvgIpc) is 2.37. The van der Waals surface area contributed by atoms with Gasteiger partial charge in [-0.25, -0.2) is 4.79 Å². The van der Waals surface area contributed by atoms with E-state index in [9.17, 15) is 19.5 Å². The number of ketones is 1. The van der Waals surface area contributed by atoms with E-state index in [2.05, 4.69) is 0 Å². The van der Waals surface area contributed by atoms with E-state index in [-0.39, 0.29) is 18.2 Å². The molecule has 108 valence electrons. The summed E-state index contributed by atoms with van der Waals surface area (Å²) in [6, 6.07) is 7.52. The monoisotopic (exact) mass is 277 g/mol. The van der Waals surface area contributed by atoms with E-state index in [1.807, 2.05) is 0 Å². The molecule has 0 radical (unpaired) electrons. The third-order valence-corrected chi connectivity index (χ3v) is 3.03. The first kappa shape index (κ1) is 15.9. The van der Waals surface area contributed by atoms with Crippen LogP contribution in [-0.4, -0.2) is 40.3 Å². The summed E-state index contributed by atoms with van der Waals surface area (Å²) in [5.41, 5.74) is 0.464. The number of carbonyl (C=O) groups is 3. The van der Waals surface area contributed by atoms with Gasteiger partial charge in [0.1, 0.15) is 6.04 Å². The minimum absolute atomic E-state index is 0.228. The van der Waals surface area contributed by atoms with Gasteiger partial charge in [0, 0.05) is 12.5 Å². The van der Waals surface area contributed by atoms with Gasteiger partial charge in [-0.3, -0.25) is 9.59 Å². The van der Waals surface area contributed by atoms with Crippen molar-refractivity contribution in [2.75, 3.05) is 6.54 Å². The minimum atomic E-state index is -1.10. The fourth-order valence-electron chi connectivity index (χ4n) is 2.05. The molecule has 5 heteroatoms. The molecule has 0 aliphatic carbocycles. The largest absolute Gasteiger partial charge is 0.480 e. The highest BCUT2D eigenvalue weighted by Gasteiger charge is 2.32. The van der Waals surface area contributed by atoms with Crippen LogP contribution in [0.3, 0.4) is 0 Å². The van der Waals surface area contributed by atoms with Gasteiger partial charge in [-0.2, -0.15) is 0 Å². The summed E-state index contributed by atoms with van der Waals surface area (Å²) in [6.45, 7) is 4.47. The first-order valence-corrected chi connectivity index (χ1v) is 6.42. The summed E-state index contributed by atoms with van der Waals surface area (Å²) in [4.78, 5) is 36.2. The van der Waals surface area contributed by atoms with Gasteiger partial charge in [-0.05, 0) is 5.92 Å². The number of aliphatic carboxylic acids is 1. The number of hydrogen-bond acceptors (Lipinski definition) is 3. The molecule has 0 fully saturated rings. The molecule has 0 heterocycles. The summed E-state index contributed by atoms with van der Waals surface area (Å²) in [6.07, 6.45) is 0. The Morgan fingerprint density at radius 1 is 1.15 bits per heavy atom. The minimum Gasteiger partial charge on any atom is -0.480 e. The van der Waals surface area contributed by atoms with Gasteiger partial charge in [0.15, 0.2) is 5.78 Å². The number of rotatable bonds is 6. The molecule has 0 aromatic heterocycles. The number of hydrogen-bond donors (Lipinski definition) is 1. The van der Waals surface area contributed by atoms with Crippen LogP contribution >= 0.6 is 0 Å². The smallest absolute Gasteiger partial charge is 0.326 e. The Morgan fingerprint density at radius 3 is 2.10 bits per heavy atom. The molecule has 0 bridgehead atoms. The van der Waals surface area contributed by atoms with E-state index in [4.69, 9.17) is 0 Å². The van der Waals surface area contributed by atoms with E-state index in [0.717, 1.165) is 4.90 Å². The lowest BCUT2D eigenvalue weighted by atomic mass is 10.0. The second kappa shape index (κ2) is 6.84. The Bertz CT molecular complexity index is 496. The molecule has 1 amide bonds. The van der Waals surface area contributed by atoms with Gasteiger partial charge in [-0.1, -0.05) is 44.2 Å². The van der Waals surface area contributed by atoms with Crippen LogP contribution in [-0.2, 0) is 9.59 Å². The van der Waals surface area contributed by atoms with Crippen molar-refractivity contribution in [3.8, 4) is 0 Å². The molecule has 1 rings (SSSR count). The van der Waals surface area contributed by atoms with E-state index in [1.54, 1.807) is 44.2 Å². The molecule has 0 aliphatic heterocycles. The van der Waals surface area contributed by atoms with Crippen molar-refractivity contribution in [2.45, 2.75) is 26.8 Å². The van der Waals surface area contributed by atoms with Crippen LogP contribution < -0.4 is 0 Å². The summed E-state index contributed by atoms with van der Waals surface area (Å²) in [7, 11) is 0. The zero-order valence-electron chi connectivity index (χ0n) is 11.9. The summed E-state index contributed by atoms with van der Waals surface area (Å²) >= 11 is 0. The van der Waals surface area contributed by atoms with Gasteiger partial charge >= 0.3 is 5.97 Å². The molecular weight excluding hydrogens is 258 g/mol. The Labute approximate surface area is 118 Å². The number of benzene rings is 1. The predicted molar refractivity (Wildman–Crippen MR) is 74.4 cm³/mol. The van der Waals surface area contributed by atoms with Crippen LogP contribution in [0.5, 0.6) is 0 Å². The normalized spacial score (nSPS) is 12.0. The summed E-state index contributed by atoms with van der Waals surface area (Å²) in [5, 5.41) is 9.24. The first-order chi connectivity index (χ1) is 9.34. The summed E-state index contributed by atoms with van der Waals surface area (Å²) < 4.78 is 0. The lowest BCUT2D eigenvalue weighted by Crippen LogP contribution is -2.49. The van der Waals surface area contributed by atoms with Gasteiger partial charge in [-0.15, -0.1) is 0 Å². The topological polar surface area (TPSA) is 74.7 Å². The molecule has 1 N–H and O–H groups in total. The highest BCUT2D eigenvalue weighted by Crippen LogP contribution is 2.13. The molecule has 1 atom stereocenters. The van der Waals surface area contributed by atoms with Crippen molar-refractivity contribution in [2.24, 2.45) is 5.92 Å². The SMILES string of the molecule is CC(=O)N(CC(=O)c1ccccc1)[C@@H](C(=O)O)C(C)C. The Morgan fingerprint density at radius 2 is 1.70 bits per heavy atom. The molecule has 5 nitrogen and oxygen atoms in total. The van der Waals surface area contributed by atoms with Crippen LogP contribution in [0.25, 0.3) is 0 Å². The van der Waals surface area contributed by atoms with E-state index in [0.29, 0.717) is 5.56 Å². The Balaban J connectivity index is 2.96. The fraction of sp³-hybridized carbons (Fsp3) is 0.400. The Kier molecular flexibility index (Phi) is 5.43. The predicted octanol–water partition coefficient (Wildman–Crippen LogP) is 1.83. The van der Waals surface area contributed by atoms with Crippen molar-refractivity contribution < 1.29 is 19.5 Å². The van der Waals surface area contributed by atoms with Crippen molar-refractivity contribution >= 4 is 17.7 Å². The third-order valence-electron chi connectivity index (χ3n) is 3.03. The first-order valence-electron chi connectivity index (χ1n) is 6.42. The highest BCUT2D eigenvalue weighted by molar-refractivity contribution is 5.99. The number of carboxylic acids is 1. The quantitative estimate of drug-likeness (QED) is 0.805. The van der Waals surface area contributed by atoms with Gasteiger partial charge in [0.25, 0.3) is 0 Å². The van der Waals surface area contributed by atoms with Crippen molar-refractivity contribution in [1.29, 1.82) is 0 Å². The van der Waals surface area contributed by atoms with Crippen molar-refractivity contribution in [3.63, 3.8) is 0 Å². The molecular formula is C15H19NO4. The molecule has 0 aliphatic rings. The third kappa shape index (κ3) is 3.91. The zero-order chi connectivity index (χ0) is 15.3. The van der Waals surface area contributed by atoms with E-state index in [1.165, 1.54) is 6.92 Å². The maximum Gasteiger partial charge on any atom is 0.326 e. The zero-order valence-corrected chi connectivity index (χ0v) is 11.9. The molecule has 0 saturated heterocycles. The number of carboxylic acid groups (broad SMARTS) is 1. The van der Waals surface area contributed by atoms with E-state index >= 15 is 0 Å². The summed E-state index contributed by atoms with van der Waals surface area (Å²) in [5.74, 6) is -2.07. The lowest BCUT2D eigenvalue weighted by Gasteiger charge is -2.30. The van der Waals surface area contributed by atoms with Gasteiger partial charge in [0.2, 0.25) is 5.91 Å². The molecule has 1 aromatic carbocycles. The standard InChI is InChI=1S/C15H19NO4/c1-10(2)14(15(19)20)16(11(3)17)9-13(18)12-7-5-4-6-8-12/h4-8,10,14H,9H2,1-3H3,(H,19,20)/t14-/m1/s1. The number of amides is 1. The molecule has 0 saturated carbocycles. The number of carbonyl (C=O) groups excluding carboxylic acids is 2. The molecule has 1 aromatic rings. The van der Waals surface area contributed by atoms with Gasteiger partial charge in [0.05, 0.1) is 6.54 Å². The molecule has 0 spiro atoms. The molecule has 20 heavy (non-hydrogen) atoms. The Hall–Kier alpha value is -2.17. The van der Waals surface area contributed by atoms with Crippen LogP contribution in [0.4, 0.5) is 0 Å². The van der Waals surface area contributed by atoms with Crippen LogP contribution in [0.15, 0.2) is 30.3 Å². The highest BCUT2D eigenvalue weighted by atomic mass is 16.4. The maximum atomic E-state index is 12.1. The fourth-order valence-corrected chi connectivity index (χ4v) is 2.05. The second-order valence-electron chi connectivity index (χ2n) is 4.96. The lowest BCUT2D eigenvalue weighted by molar-refractivity contribution is -0.150. The van der Waals surface area contributed by atoms with Crippen LogP contribution in [0, 0.1) is 5.92 Å².